The first-order valence-corrected chi connectivity index (χ1v) is 7.58. The predicted octanol–water partition coefficient (Wildman–Crippen LogP) is 3.54. The van der Waals surface area contributed by atoms with E-state index in [0.29, 0.717) is 0 Å². The molecule has 2 aromatic carbocycles. The fourth-order valence-electron chi connectivity index (χ4n) is 2.82. The van der Waals surface area contributed by atoms with Gasteiger partial charge in [-0.3, -0.25) is 11.3 Å². The van der Waals surface area contributed by atoms with Crippen LogP contribution in [0.3, 0.4) is 0 Å². The van der Waals surface area contributed by atoms with Crippen molar-refractivity contribution >= 4 is 0 Å². The summed E-state index contributed by atoms with van der Waals surface area (Å²) in [6.45, 7) is 8.65. The van der Waals surface area contributed by atoms with E-state index in [1.54, 1.807) is 0 Å². The van der Waals surface area contributed by atoms with E-state index >= 15 is 0 Å². The molecule has 112 valence electrons. The highest BCUT2D eigenvalue weighted by Crippen LogP contribution is 2.18. The second kappa shape index (κ2) is 6.88. The van der Waals surface area contributed by atoms with Gasteiger partial charge in [0, 0.05) is 6.04 Å². The maximum absolute atomic E-state index is 5.79. The first kappa shape index (κ1) is 15.7. The van der Waals surface area contributed by atoms with Crippen LogP contribution in [0.25, 0.3) is 0 Å². The molecule has 0 fully saturated rings. The number of hydrogen-bond acceptors (Lipinski definition) is 2. The van der Waals surface area contributed by atoms with Crippen LogP contribution < -0.4 is 11.3 Å². The first-order chi connectivity index (χ1) is 10.0. The van der Waals surface area contributed by atoms with E-state index in [1.165, 1.54) is 33.4 Å². The van der Waals surface area contributed by atoms with E-state index in [-0.39, 0.29) is 6.04 Å². The Kier molecular flexibility index (Phi) is 5.16. The lowest BCUT2D eigenvalue weighted by molar-refractivity contribution is 0.520. The van der Waals surface area contributed by atoms with Gasteiger partial charge in [0.15, 0.2) is 0 Å². The molecule has 0 amide bonds. The highest BCUT2D eigenvalue weighted by atomic mass is 15.2. The van der Waals surface area contributed by atoms with Crippen LogP contribution in [0.4, 0.5) is 0 Å². The topological polar surface area (TPSA) is 38.0 Å². The summed E-state index contributed by atoms with van der Waals surface area (Å²) in [5.41, 5.74) is 11.1. The number of hydrogen-bond donors (Lipinski definition) is 2. The average Bonchev–Trinajstić information content (AvgIpc) is 2.45. The van der Waals surface area contributed by atoms with Crippen molar-refractivity contribution in [1.29, 1.82) is 0 Å². The van der Waals surface area contributed by atoms with Crippen molar-refractivity contribution in [3.8, 4) is 0 Å². The summed E-state index contributed by atoms with van der Waals surface area (Å²) in [5.74, 6) is 5.79. The Morgan fingerprint density at radius 1 is 0.857 bits per heavy atom. The smallest absolute Gasteiger partial charge is 0.0291 e. The fourth-order valence-corrected chi connectivity index (χ4v) is 2.82. The second-order valence-corrected chi connectivity index (χ2v) is 6.06. The largest absolute Gasteiger partial charge is 0.271 e. The maximum atomic E-state index is 5.79. The van der Waals surface area contributed by atoms with E-state index in [2.05, 4.69) is 69.5 Å². The van der Waals surface area contributed by atoms with Gasteiger partial charge >= 0.3 is 0 Å². The number of nitrogens with one attached hydrogen (secondary N) is 1. The van der Waals surface area contributed by atoms with Crippen molar-refractivity contribution in [2.45, 2.75) is 46.6 Å². The zero-order chi connectivity index (χ0) is 15.4. The molecular formula is C19H26N2. The van der Waals surface area contributed by atoms with Crippen LogP contribution in [0, 0.1) is 27.7 Å². The first-order valence-electron chi connectivity index (χ1n) is 7.58. The number of nitrogens with two attached hydrogens (primary N) is 1. The van der Waals surface area contributed by atoms with Crippen molar-refractivity contribution in [3.05, 3.63) is 69.8 Å². The van der Waals surface area contributed by atoms with Gasteiger partial charge in [-0.1, -0.05) is 36.4 Å². The maximum Gasteiger partial charge on any atom is 0.0291 e. The molecular weight excluding hydrogens is 256 g/mol. The van der Waals surface area contributed by atoms with Crippen LogP contribution >= 0.6 is 0 Å². The van der Waals surface area contributed by atoms with E-state index in [4.69, 9.17) is 5.84 Å². The number of aryl methyl sites for hydroxylation is 4. The third kappa shape index (κ3) is 3.93. The molecule has 1 atom stereocenters. The minimum Gasteiger partial charge on any atom is -0.271 e. The molecule has 2 aromatic rings. The number of hydrazine groups is 1. The third-order valence-corrected chi connectivity index (χ3v) is 4.38. The molecule has 0 aliphatic carbocycles. The van der Waals surface area contributed by atoms with Gasteiger partial charge in [-0.25, -0.2) is 0 Å². The minimum atomic E-state index is 0.256. The SMILES string of the molecule is Cc1ccc(CC(Cc2c(C)cccc2C)NN)cc1C. The third-order valence-electron chi connectivity index (χ3n) is 4.38. The summed E-state index contributed by atoms with van der Waals surface area (Å²) >= 11 is 0. The van der Waals surface area contributed by atoms with Crippen LogP contribution in [0.1, 0.15) is 33.4 Å². The van der Waals surface area contributed by atoms with Crippen molar-refractivity contribution in [2.75, 3.05) is 0 Å². The Hall–Kier alpha value is -1.64. The predicted molar refractivity (Wildman–Crippen MR) is 90.4 cm³/mol. The molecule has 0 saturated heterocycles. The Morgan fingerprint density at radius 3 is 2.10 bits per heavy atom. The molecule has 2 nitrogen and oxygen atoms in total. The normalized spacial score (nSPS) is 12.4. The quantitative estimate of drug-likeness (QED) is 0.650. The van der Waals surface area contributed by atoms with Crippen molar-refractivity contribution < 1.29 is 0 Å². The average molecular weight is 282 g/mol. The molecule has 0 aromatic heterocycles. The van der Waals surface area contributed by atoms with Gasteiger partial charge < -0.3 is 0 Å². The molecule has 2 heteroatoms. The second-order valence-electron chi connectivity index (χ2n) is 6.06. The Labute approximate surface area is 128 Å². The molecule has 21 heavy (non-hydrogen) atoms. The molecule has 0 aliphatic heterocycles. The standard InChI is InChI=1S/C19H26N2/c1-13-8-9-17(10-16(13)4)11-18(21-20)12-19-14(2)6-5-7-15(19)3/h5-10,18,21H,11-12,20H2,1-4H3. The summed E-state index contributed by atoms with van der Waals surface area (Å²) in [7, 11) is 0. The molecule has 0 radical (unpaired) electrons. The van der Waals surface area contributed by atoms with Crippen LogP contribution in [-0.2, 0) is 12.8 Å². The Morgan fingerprint density at radius 2 is 1.52 bits per heavy atom. The van der Waals surface area contributed by atoms with Gasteiger partial charge in [0.25, 0.3) is 0 Å². The van der Waals surface area contributed by atoms with Crippen molar-refractivity contribution in [3.63, 3.8) is 0 Å². The molecule has 0 aliphatic rings. The van der Waals surface area contributed by atoms with Crippen LogP contribution in [0.5, 0.6) is 0 Å². The number of rotatable bonds is 5. The van der Waals surface area contributed by atoms with Crippen molar-refractivity contribution in [1.82, 2.24) is 5.43 Å². The van der Waals surface area contributed by atoms with Crippen molar-refractivity contribution in [2.24, 2.45) is 5.84 Å². The molecule has 2 rings (SSSR count). The monoisotopic (exact) mass is 282 g/mol. The minimum absolute atomic E-state index is 0.256. The van der Waals surface area contributed by atoms with E-state index in [9.17, 15) is 0 Å². The van der Waals surface area contributed by atoms with Gasteiger partial charge in [0.05, 0.1) is 0 Å². The van der Waals surface area contributed by atoms with Gasteiger partial charge in [0.2, 0.25) is 0 Å². The highest BCUT2D eigenvalue weighted by Gasteiger charge is 2.12. The number of benzene rings is 2. The Bertz CT molecular complexity index is 597. The van der Waals surface area contributed by atoms with E-state index in [0.717, 1.165) is 12.8 Å². The summed E-state index contributed by atoms with van der Waals surface area (Å²) in [5, 5.41) is 0. The van der Waals surface area contributed by atoms with Gasteiger partial charge in [-0.2, -0.15) is 0 Å². The summed E-state index contributed by atoms with van der Waals surface area (Å²) < 4.78 is 0. The van der Waals surface area contributed by atoms with E-state index < -0.39 is 0 Å². The summed E-state index contributed by atoms with van der Waals surface area (Å²) in [6, 6.07) is 13.4. The highest BCUT2D eigenvalue weighted by molar-refractivity contribution is 5.35. The lowest BCUT2D eigenvalue weighted by atomic mass is 9.93. The Balaban J connectivity index is 2.15. The molecule has 0 heterocycles. The zero-order valence-corrected chi connectivity index (χ0v) is 13.5. The molecule has 0 spiro atoms. The van der Waals surface area contributed by atoms with Gasteiger partial charge in [0.1, 0.15) is 0 Å². The lowest BCUT2D eigenvalue weighted by Gasteiger charge is -2.19. The van der Waals surface area contributed by atoms with Crippen LogP contribution in [-0.4, -0.2) is 6.04 Å². The van der Waals surface area contributed by atoms with Crippen LogP contribution in [0.15, 0.2) is 36.4 Å². The fraction of sp³-hybridized carbons (Fsp3) is 0.368. The summed E-state index contributed by atoms with van der Waals surface area (Å²) in [6.07, 6.45) is 1.91. The van der Waals surface area contributed by atoms with Gasteiger partial charge in [-0.15, -0.1) is 0 Å². The van der Waals surface area contributed by atoms with Crippen LogP contribution in [0.2, 0.25) is 0 Å². The molecule has 3 N–H and O–H groups in total. The molecule has 0 bridgehead atoms. The molecule has 1 unspecified atom stereocenters. The summed E-state index contributed by atoms with van der Waals surface area (Å²) in [4.78, 5) is 0. The van der Waals surface area contributed by atoms with Gasteiger partial charge in [-0.05, 0) is 73.9 Å². The van der Waals surface area contributed by atoms with E-state index in [1.807, 2.05) is 0 Å². The zero-order valence-electron chi connectivity index (χ0n) is 13.5. The lowest BCUT2D eigenvalue weighted by Crippen LogP contribution is -2.38. The molecule has 0 saturated carbocycles.